The summed E-state index contributed by atoms with van der Waals surface area (Å²) in [5.74, 6) is 0.617. The fourth-order valence-corrected chi connectivity index (χ4v) is 1.40. The van der Waals surface area contributed by atoms with E-state index in [9.17, 15) is 4.79 Å². The molecule has 0 heterocycles. The van der Waals surface area contributed by atoms with Crippen molar-refractivity contribution >= 4 is 12.0 Å². The Bertz CT molecular complexity index is 410. The fourth-order valence-electron chi connectivity index (χ4n) is 1.40. The number of ether oxygens (including phenoxy) is 2. The minimum absolute atomic E-state index is 0.236. The Hall–Kier alpha value is -1.81. The smallest absolute Gasteiger partial charge is 0.309 e. The number of hydrogen-bond acceptors (Lipinski definition) is 4. The number of esters is 1. The lowest BCUT2D eigenvalue weighted by Crippen LogP contribution is -2.19. The van der Waals surface area contributed by atoms with Gasteiger partial charge in [-0.3, -0.25) is 4.79 Å². The van der Waals surface area contributed by atoms with E-state index in [0.717, 1.165) is 17.9 Å². The number of benzene rings is 1. The van der Waals surface area contributed by atoms with E-state index in [1.54, 1.807) is 6.08 Å². The summed E-state index contributed by atoms with van der Waals surface area (Å²) in [7, 11) is 5.41. The molecule has 19 heavy (non-hydrogen) atoms. The average molecular weight is 263 g/mol. The third-order valence-corrected chi connectivity index (χ3v) is 2.51. The van der Waals surface area contributed by atoms with Gasteiger partial charge in [-0.2, -0.15) is 0 Å². The monoisotopic (exact) mass is 263 g/mol. The molecule has 0 saturated carbocycles. The highest BCUT2D eigenvalue weighted by Crippen LogP contribution is 2.13. The molecule has 0 radical (unpaired) electrons. The van der Waals surface area contributed by atoms with Crippen molar-refractivity contribution in [3.8, 4) is 5.75 Å². The van der Waals surface area contributed by atoms with Gasteiger partial charge < -0.3 is 14.4 Å². The Morgan fingerprint density at radius 3 is 2.53 bits per heavy atom. The second kappa shape index (κ2) is 8.32. The van der Waals surface area contributed by atoms with Gasteiger partial charge in [-0.1, -0.05) is 24.3 Å². The summed E-state index contributed by atoms with van der Waals surface area (Å²) in [6, 6.07) is 7.76. The number of methoxy groups -OCH3 is 1. The molecule has 1 rings (SSSR count). The quantitative estimate of drug-likeness (QED) is 0.707. The van der Waals surface area contributed by atoms with Crippen molar-refractivity contribution in [1.82, 2.24) is 4.90 Å². The third-order valence-electron chi connectivity index (χ3n) is 2.51. The van der Waals surface area contributed by atoms with Crippen molar-refractivity contribution in [2.45, 2.75) is 6.42 Å². The minimum Gasteiger partial charge on any atom is -0.492 e. The predicted octanol–water partition coefficient (Wildman–Crippen LogP) is 2.20. The molecule has 0 aliphatic heterocycles. The maximum atomic E-state index is 10.9. The van der Waals surface area contributed by atoms with Gasteiger partial charge in [0.05, 0.1) is 13.5 Å². The van der Waals surface area contributed by atoms with E-state index in [0.29, 0.717) is 6.61 Å². The van der Waals surface area contributed by atoms with Crippen molar-refractivity contribution in [2.24, 2.45) is 0 Å². The first-order chi connectivity index (χ1) is 9.11. The van der Waals surface area contributed by atoms with E-state index < -0.39 is 0 Å². The summed E-state index contributed by atoms with van der Waals surface area (Å²) in [4.78, 5) is 13.0. The lowest BCUT2D eigenvalue weighted by molar-refractivity contribution is -0.139. The Morgan fingerprint density at radius 2 is 1.95 bits per heavy atom. The maximum Gasteiger partial charge on any atom is 0.309 e. The Labute approximate surface area is 114 Å². The van der Waals surface area contributed by atoms with Crippen molar-refractivity contribution in [2.75, 3.05) is 34.4 Å². The summed E-state index contributed by atoms with van der Waals surface area (Å²) in [6.45, 7) is 1.56. The van der Waals surface area contributed by atoms with Gasteiger partial charge in [-0.05, 0) is 31.8 Å². The molecule has 0 spiro atoms. The zero-order valence-corrected chi connectivity index (χ0v) is 11.8. The molecule has 0 atom stereocenters. The number of hydrogen-bond donors (Lipinski definition) is 0. The SMILES string of the molecule is COC(=O)CC=Cc1ccc(OCCN(C)C)cc1. The summed E-state index contributed by atoms with van der Waals surface area (Å²) in [5, 5.41) is 0. The summed E-state index contributed by atoms with van der Waals surface area (Å²) < 4.78 is 10.1. The van der Waals surface area contributed by atoms with Gasteiger partial charge in [0.15, 0.2) is 0 Å². The first kappa shape index (κ1) is 15.2. The van der Waals surface area contributed by atoms with Crippen LogP contribution in [0.5, 0.6) is 5.75 Å². The first-order valence-electron chi connectivity index (χ1n) is 6.23. The zero-order chi connectivity index (χ0) is 14.1. The second-order valence-corrected chi connectivity index (χ2v) is 4.40. The predicted molar refractivity (Wildman–Crippen MR) is 76.2 cm³/mol. The molecule has 0 saturated heterocycles. The Balaban J connectivity index is 2.41. The molecule has 4 nitrogen and oxygen atoms in total. The summed E-state index contributed by atoms with van der Waals surface area (Å²) >= 11 is 0. The van der Waals surface area contributed by atoms with Crippen LogP contribution < -0.4 is 4.74 Å². The van der Waals surface area contributed by atoms with Crippen LogP contribution in [0.4, 0.5) is 0 Å². The number of nitrogens with zero attached hydrogens (tertiary/aromatic N) is 1. The van der Waals surface area contributed by atoms with Gasteiger partial charge >= 0.3 is 5.97 Å². The van der Waals surface area contributed by atoms with E-state index in [1.807, 2.05) is 44.4 Å². The molecular formula is C15H21NO3. The summed E-state index contributed by atoms with van der Waals surface area (Å²) in [5.41, 5.74) is 1.03. The van der Waals surface area contributed by atoms with Crippen LogP contribution in [0.15, 0.2) is 30.3 Å². The molecule has 0 fully saturated rings. The molecule has 0 unspecified atom stereocenters. The second-order valence-electron chi connectivity index (χ2n) is 4.40. The highest BCUT2D eigenvalue weighted by Gasteiger charge is 1.96. The number of likely N-dealkylation sites (N-methyl/N-ethyl adjacent to an activating group) is 1. The summed E-state index contributed by atoms with van der Waals surface area (Å²) in [6.07, 6.45) is 3.96. The van der Waals surface area contributed by atoms with Crippen LogP contribution in [0, 0.1) is 0 Å². The van der Waals surface area contributed by atoms with Gasteiger partial charge in [-0.25, -0.2) is 0 Å². The number of carbonyl (C=O) groups is 1. The Kier molecular flexibility index (Phi) is 6.68. The van der Waals surface area contributed by atoms with E-state index in [2.05, 4.69) is 9.64 Å². The van der Waals surface area contributed by atoms with Crippen LogP contribution in [0.3, 0.4) is 0 Å². The van der Waals surface area contributed by atoms with Gasteiger partial charge in [0, 0.05) is 6.54 Å². The third kappa shape index (κ3) is 6.62. The van der Waals surface area contributed by atoms with Crippen molar-refractivity contribution in [1.29, 1.82) is 0 Å². The normalized spacial score (nSPS) is 10.9. The topological polar surface area (TPSA) is 38.8 Å². The highest BCUT2D eigenvalue weighted by molar-refractivity contribution is 5.72. The van der Waals surface area contributed by atoms with Crippen molar-refractivity contribution < 1.29 is 14.3 Å². The van der Waals surface area contributed by atoms with Crippen molar-refractivity contribution in [3.63, 3.8) is 0 Å². The molecule has 1 aromatic carbocycles. The molecule has 104 valence electrons. The first-order valence-corrected chi connectivity index (χ1v) is 6.23. The van der Waals surface area contributed by atoms with Crippen LogP contribution in [-0.4, -0.2) is 45.2 Å². The van der Waals surface area contributed by atoms with Gasteiger partial charge in [-0.15, -0.1) is 0 Å². The van der Waals surface area contributed by atoms with Crippen LogP contribution >= 0.6 is 0 Å². The molecule has 0 bridgehead atoms. The fraction of sp³-hybridized carbons (Fsp3) is 0.400. The number of carbonyl (C=O) groups excluding carboxylic acids is 1. The van der Waals surface area contributed by atoms with Crippen LogP contribution in [-0.2, 0) is 9.53 Å². The van der Waals surface area contributed by atoms with Crippen LogP contribution in [0.2, 0.25) is 0 Å². The maximum absolute atomic E-state index is 10.9. The van der Waals surface area contributed by atoms with E-state index >= 15 is 0 Å². The zero-order valence-electron chi connectivity index (χ0n) is 11.8. The Morgan fingerprint density at radius 1 is 1.26 bits per heavy atom. The van der Waals surface area contributed by atoms with Gasteiger partial charge in [0.2, 0.25) is 0 Å². The van der Waals surface area contributed by atoms with Crippen molar-refractivity contribution in [3.05, 3.63) is 35.9 Å². The van der Waals surface area contributed by atoms with Gasteiger partial charge in [0.25, 0.3) is 0 Å². The molecule has 0 amide bonds. The average Bonchev–Trinajstić information content (AvgIpc) is 2.40. The lowest BCUT2D eigenvalue weighted by Gasteiger charge is -2.10. The highest BCUT2D eigenvalue weighted by atomic mass is 16.5. The lowest BCUT2D eigenvalue weighted by atomic mass is 10.2. The van der Waals surface area contributed by atoms with Crippen LogP contribution in [0.1, 0.15) is 12.0 Å². The molecule has 1 aromatic rings. The van der Waals surface area contributed by atoms with E-state index in [1.165, 1.54) is 7.11 Å². The largest absolute Gasteiger partial charge is 0.492 e. The molecule has 0 aromatic heterocycles. The standard InChI is InChI=1S/C15H21NO3/c1-16(2)11-12-19-14-9-7-13(8-10-14)5-4-6-15(17)18-3/h4-5,7-10H,6,11-12H2,1-3H3. The molecule has 0 N–H and O–H groups in total. The minimum atomic E-state index is -0.236. The van der Waals surface area contributed by atoms with E-state index in [-0.39, 0.29) is 12.4 Å². The molecule has 0 aliphatic carbocycles. The molecule has 4 heteroatoms. The van der Waals surface area contributed by atoms with Crippen LogP contribution in [0.25, 0.3) is 6.08 Å². The van der Waals surface area contributed by atoms with Gasteiger partial charge in [0.1, 0.15) is 12.4 Å². The molecule has 0 aliphatic rings. The van der Waals surface area contributed by atoms with E-state index in [4.69, 9.17) is 4.74 Å². The molecular weight excluding hydrogens is 242 g/mol. The number of rotatable bonds is 7.